The molecule has 2 aromatic rings. The van der Waals surface area contributed by atoms with Gasteiger partial charge in [0.25, 0.3) is 5.69 Å². The van der Waals surface area contributed by atoms with Crippen molar-refractivity contribution in [1.29, 1.82) is 0 Å². The van der Waals surface area contributed by atoms with E-state index in [1.807, 2.05) is 24.3 Å². The fourth-order valence-corrected chi connectivity index (χ4v) is 3.09. The van der Waals surface area contributed by atoms with Gasteiger partial charge in [-0.1, -0.05) is 12.1 Å². The fourth-order valence-electron chi connectivity index (χ4n) is 3.09. The molecule has 25 heavy (non-hydrogen) atoms. The minimum absolute atomic E-state index is 0.000424. The lowest BCUT2D eigenvalue weighted by Crippen LogP contribution is -2.46. The van der Waals surface area contributed by atoms with Gasteiger partial charge >= 0.3 is 0 Å². The second kappa shape index (κ2) is 7.40. The number of phenolic OH excluding ortho intramolecular Hbond substituents is 1. The van der Waals surface area contributed by atoms with Crippen molar-refractivity contribution in [3.63, 3.8) is 0 Å². The van der Waals surface area contributed by atoms with Crippen LogP contribution in [0.4, 0.5) is 11.4 Å². The lowest BCUT2D eigenvalue weighted by molar-refractivity contribution is -0.385. The number of aromatic hydroxyl groups is 1. The van der Waals surface area contributed by atoms with Gasteiger partial charge in [-0.2, -0.15) is 0 Å². The van der Waals surface area contributed by atoms with Crippen molar-refractivity contribution in [2.24, 2.45) is 0 Å². The summed E-state index contributed by atoms with van der Waals surface area (Å²) in [5.74, 6) is 0.949. The second-order valence-electron chi connectivity index (χ2n) is 6.01. The molecule has 132 valence electrons. The van der Waals surface area contributed by atoms with E-state index in [4.69, 9.17) is 4.74 Å². The number of anilines is 1. The standard InChI is InChI=1S/C18H21N3O4/c1-25-18-5-3-2-4-16(18)20-10-8-19(9-11-20)13-14-12-15(21(23)24)6-7-17(14)22/h2-7,12,22H,8-11,13H2,1H3. The van der Waals surface area contributed by atoms with E-state index in [1.165, 1.54) is 18.2 Å². The molecule has 1 fully saturated rings. The van der Waals surface area contributed by atoms with Gasteiger partial charge in [0.2, 0.25) is 0 Å². The van der Waals surface area contributed by atoms with Crippen LogP contribution in [0.2, 0.25) is 0 Å². The monoisotopic (exact) mass is 343 g/mol. The fraction of sp³-hybridized carbons (Fsp3) is 0.333. The number of nitro groups is 1. The first-order valence-corrected chi connectivity index (χ1v) is 8.15. The highest BCUT2D eigenvalue weighted by molar-refractivity contribution is 5.58. The highest BCUT2D eigenvalue weighted by Crippen LogP contribution is 2.29. The number of piperazine rings is 1. The number of rotatable bonds is 5. The molecule has 0 spiro atoms. The van der Waals surface area contributed by atoms with E-state index < -0.39 is 4.92 Å². The third kappa shape index (κ3) is 3.83. The van der Waals surface area contributed by atoms with Crippen LogP contribution in [0.25, 0.3) is 0 Å². The lowest BCUT2D eigenvalue weighted by atomic mass is 10.1. The molecule has 0 atom stereocenters. The van der Waals surface area contributed by atoms with Crippen LogP contribution in [0.5, 0.6) is 11.5 Å². The largest absolute Gasteiger partial charge is 0.508 e. The number of para-hydroxylation sites is 2. The van der Waals surface area contributed by atoms with Crippen molar-refractivity contribution in [2.75, 3.05) is 38.2 Å². The highest BCUT2D eigenvalue weighted by Gasteiger charge is 2.21. The molecule has 1 aliphatic heterocycles. The molecule has 0 amide bonds. The quantitative estimate of drug-likeness (QED) is 0.664. The van der Waals surface area contributed by atoms with Crippen molar-refractivity contribution in [1.82, 2.24) is 4.90 Å². The summed E-state index contributed by atoms with van der Waals surface area (Å²) in [4.78, 5) is 14.9. The number of nitrogens with zero attached hydrogens (tertiary/aromatic N) is 3. The van der Waals surface area contributed by atoms with Crippen molar-refractivity contribution < 1.29 is 14.8 Å². The van der Waals surface area contributed by atoms with Crippen LogP contribution < -0.4 is 9.64 Å². The van der Waals surface area contributed by atoms with Gasteiger partial charge in [-0.15, -0.1) is 0 Å². The van der Waals surface area contributed by atoms with Crippen LogP contribution in [-0.2, 0) is 6.54 Å². The zero-order chi connectivity index (χ0) is 17.8. The summed E-state index contributed by atoms with van der Waals surface area (Å²) in [5, 5.41) is 20.9. The van der Waals surface area contributed by atoms with Gasteiger partial charge in [-0.3, -0.25) is 15.0 Å². The van der Waals surface area contributed by atoms with E-state index in [9.17, 15) is 15.2 Å². The van der Waals surface area contributed by atoms with Gasteiger partial charge in [0.15, 0.2) is 0 Å². The Morgan fingerprint density at radius 1 is 1.16 bits per heavy atom. The number of methoxy groups -OCH3 is 1. The normalized spacial score (nSPS) is 15.2. The molecule has 0 saturated carbocycles. The Morgan fingerprint density at radius 3 is 2.56 bits per heavy atom. The van der Waals surface area contributed by atoms with Gasteiger partial charge in [0.05, 0.1) is 17.7 Å². The zero-order valence-corrected chi connectivity index (χ0v) is 14.1. The first kappa shape index (κ1) is 17.0. The molecule has 7 heteroatoms. The summed E-state index contributed by atoms with van der Waals surface area (Å²) in [5.41, 5.74) is 1.66. The number of nitro benzene ring substituents is 1. The summed E-state index contributed by atoms with van der Waals surface area (Å²) in [6, 6.07) is 12.1. The molecule has 0 aliphatic carbocycles. The van der Waals surface area contributed by atoms with Crippen LogP contribution in [0.1, 0.15) is 5.56 Å². The molecule has 1 saturated heterocycles. The number of hydrogen-bond acceptors (Lipinski definition) is 6. The van der Waals surface area contributed by atoms with E-state index in [0.29, 0.717) is 12.1 Å². The predicted molar refractivity (Wildman–Crippen MR) is 95.2 cm³/mol. The third-order valence-electron chi connectivity index (χ3n) is 4.47. The molecule has 7 nitrogen and oxygen atoms in total. The Bertz CT molecular complexity index is 758. The van der Waals surface area contributed by atoms with E-state index in [1.54, 1.807) is 7.11 Å². The summed E-state index contributed by atoms with van der Waals surface area (Å²) in [7, 11) is 1.67. The molecular weight excluding hydrogens is 322 g/mol. The number of non-ortho nitro benzene ring substituents is 1. The Morgan fingerprint density at radius 2 is 1.88 bits per heavy atom. The summed E-state index contributed by atoms with van der Waals surface area (Å²) >= 11 is 0. The molecule has 0 radical (unpaired) electrons. The molecular formula is C18H21N3O4. The average molecular weight is 343 g/mol. The minimum atomic E-state index is -0.442. The third-order valence-corrected chi connectivity index (χ3v) is 4.47. The maximum atomic E-state index is 10.9. The minimum Gasteiger partial charge on any atom is -0.508 e. The van der Waals surface area contributed by atoms with Crippen molar-refractivity contribution >= 4 is 11.4 Å². The van der Waals surface area contributed by atoms with E-state index >= 15 is 0 Å². The molecule has 1 aliphatic rings. The Labute approximate surface area is 146 Å². The molecule has 1 N–H and O–H groups in total. The number of hydrogen-bond donors (Lipinski definition) is 1. The van der Waals surface area contributed by atoms with E-state index in [2.05, 4.69) is 9.80 Å². The topological polar surface area (TPSA) is 79.1 Å². The van der Waals surface area contributed by atoms with Crippen LogP contribution in [-0.4, -0.2) is 48.2 Å². The van der Waals surface area contributed by atoms with Gasteiger partial charge in [-0.05, 0) is 18.2 Å². The van der Waals surface area contributed by atoms with Crippen molar-refractivity contribution in [2.45, 2.75) is 6.54 Å². The van der Waals surface area contributed by atoms with Crippen LogP contribution >= 0.6 is 0 Å². The molecule has 3 rings (SSSR count). The maximum absolute atomic E-state index is 10.9. The highest BCUT2D eigenvalue weighted by atomic mass is 16.6. The Kier molecular flexibility index (Phi) is 5.04. The van der Waals surface area contributed by atoms with Crippen LogP contribution in [0.3, 0.4) is 0 Å². The Hall–Kier alpha value is -2.80. The van der Waals surface area contributed by atoms with Gasteiger partial charge < -0.3 is 14.7 Å². The summed E-state index contributed by atoms with van der Waals surface area (Å²) in [6.07, 6.45) is 0. The molecule has 0 unspecified atom stereocenters. The molecule has 2 aromatic carbocycles. The zero-order valence-electron chi connectivity index (χ0n) is 14.1. The van der Waals surface area contributed by atoms with Gasteiger partial charge in [-0.25, -0.2) is 0 Å². The van der Waals surface area contributed by atoms with Crippen molar-refractivity contribution in [3.8, 4) is 11.5 Å². The predicted octanol–water partition coefficient (Wildman–Crippen LogP) is 2.63. The second-order valence-corrected chi connectivity index (χ2v) is 6.01. The molecule has 1 heterocycles. The first-order valence-electron chi connectivity index (χ1n) is 8.15. The van der Waals surface area contributed by atoms with Gasteiger partial charge in [0, 0.05) is 50.4 Å². The molecule has 0 aromatic heterocycles. The van der Waals surface area contributed by atoms with Crippen molar-refractivity contribution in [3.05, 3.63) is 58.1 Å². The summed E-state index contributed by atoms with van der Waals surface area (Å²) < 4.78 is 5.42. The number of phenols is 1. The van der Waals surface area contributed by atoms with Crippen LogP contribution in [0, 0.1) is 10.1 Å². The SMILES string of the molecule is COc1ccccc1N1CCN(Cc2cc([N+](=O)[O-])ccc2O)CC1. The lowest BCUT2D eigenvalue weighted by Gasteiger charge is -2.36. The number of ether oxygens (including phenoxy) is 1. The average Bonchev–Trinajstić information content (AvgIpc) is 2.64. The summed E-state index contributed by atoms with van der Waals surface area (Å²) in [6.45, 7) is 3.76. The number of benzene rings is 2. The Balaban J connectivity index is 1.65. The first-order chi connectivity index (χ1) is 12.1. The van der Waals surface area contributed by atoms with E-state index in [-0.39, 0.29) is 11.4 Å². The van der Waals surface area contributed by atoms with Gasteiger partial charge in [0.1, 0.15) is 11.5 Å². The van der Waals surface area contributed by atoms with E-state index in [0.717, 1.165) is 37.6 Å². The smallest absolute Gasteiger partial charge is 0.270 e. The maximum Gasteiger partial charge on any atom is 0.270 e. The molecule has 0 bridgehead atoms. The van der Waals surface area contributed by atoms with Crippen LogP contribution in [0.15, 0.2) is 42.5 Å².